The molecule has 1 aliphatic carbocycles. The first-order valence-corrected chi connectivity index (χ1v) is 17.2. The lowest BCUT2D eigenvalue weighted by molar-refractivity contribution is 0.0887. The second-order valence-electron chi connectivity index (χ2n) is 13.6. The molecule has 0 unspecified atom stereocenters. The molecule has 1 saturated carbocycles. The molecular weight excluding hydrogens is 621 g/mol. The number of benzene rings is 2. The van der Waals surface area contributed by atoms with E-state index in [1.54, 1.807) is 23.9 Å². The molecule has 0 radical (unpaired) electrons. The Balaban J connectivity index is 1.06. The number of hydrogen-bond donors (Lipinski definition) is 3. The lowest BCUT2D eigenvalue weighted by Crippen LogP contribution is -2.54. The second kappa shape index (κ2) is 15.3. The third kappa shape index (κ3) is 8.90. The highest BCUT2D eigenvalue weighted by Crippen LogP contribution is 2.30. The number of carbonyl (C=O) groups is 2. The largest absolute Gasteiger partial charge is 0.438 e. The number of hydrogen-bond acceptors (Lipinski definition) is 7. The van der Waals surface area contributed by atoms with Crippen molar-refractivity contribution in [3.63, 3.8) is 0 Å². The third-order valence-corrected chi connectivity index (χ3v) is 9.47. The highest BCUT2D eigenvalue weighted by atomic mass is 19.1. The van der Waals surface area contributed by atoms with Crippen LogP contribution in [-0.2, 0) is 13.5 Å². The number of halogens is 1. The van der Waals surface area contributed by atoms with Crippen LogP contribution in [0.25, 0.3) is 11.1 Å². The minimum atomic E-state index is -0.621. The summed E-state index contributed by atoms with van der Waals surface area (Å²) >= 11 is 0. The van der Waals surface area contributed by atoms with Gasteiger partial charge >= 0.3 is 0 Å². The van der Waals surface area contributed by atoms with E-state index in [0.717, 1.165) is 55.1 Å². The fraction of sp³-hybridized carbons (Fsp3) is 0.421. The normalized spacial score (nSPS) is 21.2. The van der Waals surface area contributed by atoms with Crippen molar-refractivity contribution in [1.29, 1.82) is 0 Å². The summed E-state index contributed by atoms with van der Waals surface area (Å²) in [6, 6.07) is 19.9. The average molecular weight is 668 g/mol. The molecule has 1 aliphatic heterocycles. The zero-order valence-corrected chi connectivity index (χ0v) is 28.7. The van der Waals surface area contributed by atoms with Gasteiger partial charge in [0.2, 0.25) is 5.88 Å². The summed E-state index contributed by atoms with van der Waals surface area (Å²) < 4.78 is 22.2. The standard InChI is InChI=1S/C38H46FN7O3/c1-24-22-46(23-25(2)41-24)16-15-27-7-5-8-28(18-27)29-9-6-10-33(19-29)49-38-34(20-30(39)21-40-38)36(47)42-31-11-13-32(14-12-31)43-37(48)35-17-26(3)45(4)44-35/h5-10,17-21,24-25,31-32,41H,11-16,22-23H2,1-4H3,(H,42,47)(H,43,48)/t24-,25+,31?,32?. The van der Waals surface area contributed by atoms with E-state index in [2.05, 4.69) is 69.0 Å². The van der Waals surface area contributed by atoms with E-state index >= 15 is 0 Å². The number of amides is 2. The van der Waals surface area contributed by atoms with Crippen molar-refractivity contribution >= 4 is 11.8 Å². The Morgan fingerprint density at radius 3 is 2.24 bits per heavy atom. The fourth-order valence-electron chi connectivity index (χ4n) is 6.91. The van der Waals surface area contributed by atoms with Crippen molar-refractivity contribution in [2.75, 3.05) is 19.6 Å². The molecule has 49 heavy (non-hydrogen) atoms. The lowest BCUT2D eigenvalue weighted by Gasteiger charge is -2.36. The van der Waals surface area contributed by atoms with E-state index < -0.39 is 11.7 Å². The summed E-state index contributed by atoms with van der Waals surface area (Å²) in [7, 11) is 1.80. The number of carbonyl (C=O) groups excluding carboxylic acids is 2. The summed E-state index contributed by atoms with van der Waals surface area (Å²) in [6.07, 6.45) is 4.76. The van der Waals surface area contributed by atoms with Crippen LogP contribution < -0.4 is 20.7 Å². The van der Waals surface area contributed by atoms with Gasteiger partial charge in [-0.3, -0.25) is 19.2 Å². The van der Waals surface area contributed by atoms with Crippen molar-refractivity contribution in [3.8, 4) is 22.8 Å². The maximum absolute atomic E-state index is 14.4. The Morgan fingerprint density at radius 2 is 1.57 bits per heavy atom. The molecule has 0 bridgehead atoms. The topological polar surface area (TPSA) is 113 Å². The van der Waals surface area contributed by atoms with Crippen LogP contribution in [0, 0.1) is 12.7 Å². The number of pyridine rings is 1. The highest BCUT2D eigenvalue weighted by molar-refractivity contribution is 5.96. The zero-order valence-electron chi connectivity index (χ0n) is 28.7. The second-order valence-corrected chi connectivity index (χ2v) is 13.6. The predicted molar refractivity (Wildman–Crippen MR) is 187 cm³/mol. The molecule has 2 fully saturated rings. The maximum atomic E-state index is 14.4. The number of nitrogens with zero attached hydrogens (tertiary/aromatic N) is 4. The van der Waals surface area contributed by atoms with Crippen LogP contribution in [0.1, 0.15) is 71.6 Å². The van der Waals surface area contributed by atoms with Crippen molar-refractivity contribution in [3.05, 3.63) is 95.2 Å². The minimum absolute atomic E-state index is 0.00878. The quantitative estimate of drug-likeness (QED) is 0.207. The SMILES string of the molecule is Cc1cc(C(=O)NC2CCC(NC(=O)c3cc(F)cnc3Oc3cccc(-c4cccc(CCN5C[C@@H](C)N[C@@H](C)C5)c4)c3)CC2)nn1C. The van der Waals surface area contributed by atoms with E-state index in [4.69, 9.17) is 4.74 Å². The molecule has 10 nitrogen and oxygen atoms in total. The fourth-order valence-corrected chi connectivity index (χ4v) is 6.91. The minimum Gasteiger partial charge on any atom is -0.438 e. The molecule has 0 spiro atoms. The zero-order chi connectivity index (χ0) is 34.5. The van der Waals surface area contributed by atoms with E-state index in [-0.39, 0.29) is 29.4 Å². The van der Waals surface area contributed by atoms with Gasteiger partial charge in [0.1, 0.15) is 22.8 Å². The van der Waals surface area contributed by atoms with Gasteiger partial charge in [-0.05, 0) is 93.8 Å². The van der Waals surface area contributed by atoms with Crippen LogP contribution in [0.15, 0.2) is 66.9 Å². The van der Waals surface area contributed by atoms with Crippen LogP contribution in [-0.4, -0.2) is 75.3 Å². The molecular formula is C38H46FN7O3. The Labute approximate surface area is 287 Å². The Hall–Kier alpha value is -4.61. The molecule has 258 valence electrons. The number of aryl methyl sites for hydroxylation is 2. The first-order valence-electron chi connectivity index (χ1n) is 17.2. The van der Waals surface area contributed by atoms with Gasteiger partial charge in [-0.25, -0.2) is 9.37 Å². The van der Waals surface area contributed by atoms with Gasteiger partial charge < -0.3 is 20.7 Å². The van der Waals surface area contributed by atoms with Crippen molar-refractivity contribution < 1.29 is 18.7 Å². The van der Waals surface area contributed by atoms with Crippen molar-refractivity contribution in [2.24, 2.45) is 7.05 Å². The van der Waals surface area contributed by atoms with Crippen LogP contribution >= 0.6 is 0 Å². The van der Waals surface area contributed by atoms with Gasteiger partial charge in [-0.2, -0.15) is 5.10 Å². The van der Waals surface area contributed by atoms with Gasteiger partial charge in [0, 0.05) is 56.5 Å². The van der Waals surface area contributed by atoms with Crippen molar-refractivity contribution in [2.45, 2.75) is 77.0 Å². The molecule has 2 atom stereocenters. The van der Waals surface area contributed by atoms with E-state index in [0.29, 0.717) is 49.2 Å². The number of ether oxygens (including phenoxy) is 1. The smallest absolute Gasteiger partial charge is 0.272 e. The van der Waals surface area contributed by atoms with Gasteiger partial charge in [0.15, 0.2) is 0 Å². The summed E-state index contributed by atoms with van der Waals surface area (Å²) in [4.78, 5) is 32.7. The highest BCUT2D eigenvalue weighted by Gasteiger charge is 2.27. The van der Waals surface area contributed by atoms with Crippen LogP contribution in [0.2, 0.25) is 0 Å². The van der Waals surface area contributed by atoms with Gasteiger partial charge in [-0.1, -0.05) is 36.4 Å². The predicted octanol–water partition coefficient (Wildman–Crippen LogP) is 5.42. The summed E-state index contributed by atoms with van der Waals surface area (Å²) in [5.74, 6) is -0.731. The third-order valence-electron chi connectivity index (χ3n) is 9.47. The van der Waals surface area contributed by atoms with Crippen LogP contribution in [0.3, 0.4) is 0 Å². The Bertz CT molecular complexity index is 1760. The average Bonchev–Trinajstić information content (AvgIpc) is 3.43. The summed E-state index contributed by atoms with van der Waals surface area (Å²) in [5.41, 5.74) is 4.64. The monoisotopic (exact) mass is 667 g/mol. The number of rotatable bonds is 10. The molecule has 3 heterocycles. The maximum Gasteiger partial charge on any atom is 0.272 e. The molecule has 2 aromatic heterocycles. The molecule has 11 heteroatoms. The molecule has 2 amide bonds. The summed E-state index contributed by atoms with van der Waals surface area (Å²) in [5, 5.41) is 13.9. The van der Waals surface area contributed by atoms with Gasteiger partial charge in [0.05, 0.1) is 6.20 Å². The molecule has 2 aromatic carbocycles. The Morgan fingerprint density at radius 1 is 0.918 bits per heavy atom. The number of nitrogens with one attached hydrogen (secondary N) is 3. The van der Waals surface area contributed by atoms with Crippen molar-refractivity contribution in [1.82, 2.24) is 35.6 Å². The van der Waals surface area contributed by atoms with E-state index in [9.17, 15) is 14.0 Å². The van der Waals surface area contributed by atoms with Gasteiger partial charge in [-0.15, -0.1) is 0 Å². The van der Waals surface area contributed by atoms with E-state index in [1.165, 1.54) is 5.56 Å². The number of aromatic nitrogens is 3. The van der Waals surface area contributed by atoms with Gasteiger partial charge in [0.25, 0.3) is 11.8 Å². The first kappa shape index (κ1) is 34.3. The number of piperazine rings is 1. The lowest BCUT2D eigenvalue weighted by atomic mass is 9.91. The Kier molecular flexibility index (Phi) is 10.7. The van der Waals surface area contributed by atoms with Crippen LogP contribution in [0.4, 0.5) is 4.39 Å². The van der Waals surface area contributed by atoms with Crippen LogP contribution in [0.5, 0.6) is 11.6 Å². The molecule has 6 rings (SSSR count). The van der Waals surface area contributed by atoms with E-state index in [1.807, 2.05) is 25.1 Å². The molecule has 1 saturated heterocycles. The summed E-state index contributed by atoms with van der Waals surface area (Å²) in [6.45, 7) is 9.47. The molecule has 4 aromatic rings. The first-order chi connectivity index (χ1) is 23.6. The molecule has 2 aliphatic rings. The molecule has 3 N–H and O–H groups in total.